The first kappa shape index (κ1) is 14.1. The summed E-state index contributed by atoms with van der Waals surface area (Å²) in [6.07, 6.45) is 0.859. The summed E-state index contributed by atoms with van der Waals surface area (Å²) in [5.74, 6) is -0.297. The van der Waals surface area contributed by atoms with Crippen molar-refractivity contribution in [2.24, 2.45) is 0 Å². The Morgan fingerprint density at radius 2 is 2.18 bits per heavy atom. The van der Waals surface area contributed by atoms with Crippen molar-refractivity contribution in [1.82, 2.24) is 4.98 Å². The molecule has 0 fully saturated rings. The Morgan fingerprint density at radius 1 is 1.47 bits per heavy atom. The summed E-state index contributed by atoms with van der Waals surface area (Å²) in [5.41, 5.74) is 0.361. The van der Waals surface area contributed by atoms with Gasteiger partial charge in [0.1, 0.15) is 15.7 Å². The van der Waals surface area contributed by atoms with E-state index in [9.17, 15) is 17.9 Å². The molecule has 17 heavy (non-hydrogen) atoms. The van der Waals surface area contributed by atoms with Crippen molar-refractivity contribution in [3.63, 3.8) is 0 Å². The van der Waals surface area contributed by atoms with E-state index < -0.39 is 21.8 Å². The first-order chi connectivity index (χ1) is 7.94. The number of hydrogen-bond donors (Lipinski definition) is 1. The van der Waals surface area contributed by atoms with E-state index >= 15 is 0 Å². The number of nitrogens with zero attached hydrogens (tertiary/aromatic N) is 1. The molecule has 0 saturated heterocycles. The molecule has 0 spiro atoms. The lowest BCUT2D eigenvalue weighted by Gasteiger charge is -2.09. The fourth-order valence-corrected chi connectivity index (χ4v) is 2.27. The number of rotatable bonds is 6. The van der Waals surface area contributed by atoms with Crippen LogP contribution in [-0.4, -0.2) is 30.0 Å². The highest BCUT2D eigenvalue weighted by Crippen LogP contribution is 2.16. The maximum atomic E-state index is 12.6. The van der Waals surface area contributed by atoms with Crippen molar-refractivity contribution in [2.75, 3.05) is 11.5 Å². The number of hydrogen-bond acceptors (Lipinski definition) is 4. The monoisotopic (exact) mass is 261 g/mol. The van der Waals surface area contributed by atoms with Crippen LogP contribution in [0.15, 0.2) is 18.3 Å². The summed E-state index contributed by atoms with van der Waals surface area (Å²) >= 11 is 0. The van der Waals surface area contributed by atoms with Crippen LogP contribution in [-0.2, 0) is 9.84 Å². The summed E-state index contributed by atoms with van der Waals surface area (Å²) in [6.45, 7) is 1.59. The number of aliphatic hydroxyl groups is 1. The third-order valence-corrected chi connectivity index (χ3v) is 4.25. The van der Waals surface area contributed by atoms with Crippen molar-refractivity contribution in [3.8, 4) is 0 Å². The van der Waals surface area contributed by atoms with Crippen LogP contribution in [0.3, 0.4) is 0 Å². The van der Waals surface area contributed by atoms with Crippen LogP contribution in [0.25, 0.3) is 0 Å². The minimum atomic E-state index is -3.00. The van der Waals surface area contributed by atoms with Gasteiger partial charge < -0.3 is 5.11 Å². The number of sulfone groups is 1. The van der Waals surface area contributed by atoms with E-state index in [0.717, 1.165) is 6.20 Å². The topological polar surface area (TPSA) is 67.3 Å². The number of pyridine rings is 1. The van der Waals surface area contributed by atoms with E-state index in [1.165, 1.54) is 12.1 Å². The van der Waals surface area contributed by atoms with Crippen LogP contribution in [0.4, 0.5) is 4.39 Å². The number of halogens is 1. The molecule has 1 rings (SSSR count). The van der Waals surface area contributed by atoms with E-state index in [0.29, 0.717) is 18.5 Å². The van der Waals surface area contributed by atoms with Crippen molar-refractivity contribution in [2.45, 2.75) is 25.9 Å². The summed E-state index contributed by atoms with van der Waals surface area (Å²) < 4.78 is 35.0. The van der Waals surface area contributed by atoms with Crippen LogP contribution >= 0.6 is 0 Å². The minimum absolute atomic E-state index is 0.0573. The van der Waals surface area contributed by atoms with E-state index in [1.807, 2.05) is 0 Å². The molecule has 1 unspecified atom stereocenters. The van der Waals surface area contributed by atoms with Gasteiger partial charge in [0.25, 0.3) is 0 Å². The van der Waals surface area contributed by atoms with Gasteiger partial charge in [-0.3, -0.25) is 4.98 Å². The quantitative estimate of drug-likeness (QED) is 0.842. The standard InChI is InChI=1S/C11H16FNO3S/c1-2-17(15,16)7-3-4-11(14)10-6-5-9(12)8-13-10/h5-6,8,11,14H,2-4,7H2,1H3. The summed E-state index contributed by atoms with van der Waals surface area (Å²) in [5, 5.41) is 9.70. The maximum Gasteiger partial charge on any atom is 0.150 e. The minimum Gasteiger partial charge on any atom is -0.387 e. The zero-order chi connectivity index (χ0) is 12.9. The van der Waals surface area contributed by atoms with Crippen molar-refractivity contribution in [1.29, 1.82) is 0 Å². The van der Waals surface area contributed by atoms with Crippen molar-refractivity contribution >= 4 is 9.84 Å². The lowest BCUT2D eigenvalue weighted by Crippen LogP contribution is -2.10. The molecule has 0 saturated carbocycles. The lowest BCUT2D eigenvalue weighted by atomic mass is 10.1. The molecule has 1 aromatic rings. The number of aromatic nitrogens is 1. The fourth-order valence-electron chi connectivity index (χ4n) is 1.37. The van der Waals surface area contributed by atoms with E-state index in [1.54, 1.807) is 6.92 Å². The third kappa shape index (κ3) is 4.79. The highest BCUT2D eigenvalue weighted by Gasteiger charge is 2.12. The van der Waals surface area contributed by atoms with Gasteiger partial charge in [0.2, 0.25) is 0 Å². The SMILES string of the molecule is CCS(=O)(=O)CCCC(O)c1ccc(F)cn1. The van der Waals surface area contributed by atoms with E-state index in [-0.39, 0.29) is 11.5 Å². The van der Waals surface area contributed by atoms with Crippen LogP contribution < -0.4 is 0 Å². The largest absolute Gasteiger partial charge is 0.387 e. The average Bonchev–Trinajstić information content (AvgIpc) is 2.29. The molecule has 0 aliphatic rings. The molecule has 0 radical (unpaired) electrons. The second kappa shape index (κ2) is 6.07. The Morgan fingerprint density at radius 3 is 2.71 bits per heavy atom. The van der Waals surface area contributed by atoms with Crippen molar-refractivity contribution < 1.29 is 17.9 Å². The van der Waals surface area contributed by atoms with Crippen LogP contribution in [0, 0.1) is 5.82 Å². The Bertz CT molecular complexity index is 444. The normalized spacial score (nSPS) is 13.6. The van der Waals surface area contributed by atoms with Gasteiger partial charge in [-0.25, -0.2) is 12.8 Å². The average molecular weight is 261 g/mol. The Hall–Kier alpha value is -1.01. The molecule has 1 aromatic heterocycles. The Kier molecular flexibility index (Phi) is 5.02. The molecule has 96 valence electrons. The smallest absolute Gasteiger partial charge is 0.150 e. The molecule has 4 nitrogen and oxygen atoms in total. The van der Waals surface area contributed by atoms with Crippen LogP contribution in [0.5, 0.6) is 0 Å². The molecule has 1 heterocycles. The van der Waals surface area contributed by atoms with Gasteiger partial charge in [-0.1, -0.05) is 6.92 Å². The second-order valence-electron chi connectivity index (χ2n) is 3.80. The fraction of sp³-hybridized carbons (Fsp3) is 0.545. The summed E-state index contributed by atoms with van der Waals surface area (Å²) in [4.78, 5) is 3.74. The second-order valence-corrected chi connectivity index (χ2v) is 6.27. The first-order valence-corrected chi connectivity index (χ1v) is 7.26. The molecular weight excluding hydrogens is 245 g/mol. The van der Waals surface area contributed by atoms with Crippen molar-refractivity contribution in [3.05, 3.63) is 29.8 Å². The van der Waals surface area contributed by atoms with Gasteiger partial charge >= 0.3 is 0 Å². The molecule has 0 aliphatic heterocycles. The van der Waals surface area contributed by atoms with Gasteiger partial charge in [-0.15, -0.1) is 0 Å². The van der Waals surface area contributed by atoms with Crippen LogP contribution in [0.1, 0.15) is 31.6 Å². The van der Waals surface area contributed by atoms with E-state index in [2.05, 4.69) is 4.98 Å². The zero-order valence-electron chi connectivity index (χ0n) is 9.63. The van der Waals surface area contributed by atoms with Gasteiger partial charge in [0, 0.05) is 5.75 Å². The predicted octanol–water partition coefficient (Wildman–Crippen LogP) is 1.47. The van der Waals surface area contributed by atoms with Gasteiger partial charge in [-0.2, -0.15) is 0 Å². The molecule has 1 N–H and O–H groups in total. The molecule has 0 amide bonds. The molecular formula is C11H16FNO3S. The highest BCUT2D eigenvalue weighted by atomic mass is 32.2. The maximum absolute atomic E-state index is 12.6. The molecule has 0 aromatic carbocycles. The Labute approximate surface area is 100 Å². The summed E-state index contributed by atoms with van der Waals surface area (Å²) in [7, 11) is -3.00. The molecule has 1 atom stereocenters. The third-order valence-electron chi connectivity index (χ3n) is 2.46. The van der Waals surface area contributed by atoms with E-state index in [4.69, 9.17) is 0 Å². The van der Waals surface area contributed by atoms with Gasteiger partial charge in [0.05, 0.1) is 23.7 Å². The molecule has 0 bridgehead atoms. The Balaban J connectivity index is 2.45. The van der Waals surface area contributed by atoms with Gasteiger partial charge in [0.15, 0.2) is 0 Å². The van der Waals surface area contributed by atoms with Crippen LogP contribution in [0.2, 0.25) is 0 Å². The highest BCUT2D eigenvalue weighted by molar-refractivity contribution is 7.91. The number of aliphatic hydroxyl groups excluding tert-OH is 1. The van der Waals surface area contributed by atoms with Gasteiger partial charge in [-0.05, 0) is 25.0 Å². The predicted molar refractivity (Wildman–Crippen MR) is 62.7 cm³/mol. The molecule has 0 aliphatic carbocycles. The summed E-state index contributed by atoms with van der Waals surface area (Å²) in [6, 6.07) is 2.61. The lowest BCUT2D eigenvalue weighted by molar-refractivity contribution is 0.162. The first-order valence-electron chi connectivity index (χ1n) is 5.44. The molecule has 6 heteroatoms. The zero-order valence-corrected chi connectivity index (χ0v) is 10.5.